The quantitative estimate of drug-likeness (QED) is 0.0932. The fourth-order valence-electron chi connectivity index (χ4n) is 5.60. The molecule has 0 atom stereocenters. The van der Waals surface area contributed by atoms with Crippen LogP contribution < -0.4 is 21.8 Å². The monoisotopic (exact) mass is 718 g/mol. The maximum atomic E-state index is 13.7. The lowest BCUT2D eigenvalue weighted by molar-refractivity contribution is -0.114. The van der Waals surface area contributed by atoms with Crippen LogP contribution in [0.4, 0.5) is 11.4 Å². The average molecular weight is 719 g/mol. The standard InChI is InChI=1S/C39H38N6O4S2/c1-3-26-14-18-28(19-15-26)40-34(46)24-50-38-42-32-12-7-5-10-30(32)36(48)44(38)22-9-23-45-37(49)31-11-6-8-13-33(31)43-39(45)51-25-35(47)41-29-20-16-27(4-2)17-21-29/h5-8,10-21H,3-4,9,22-25H2,1-2H3,(H,40,46)(H,41,47). The molecular weight excluding hydrogens is 681 g/mol. The number of benzene rings is 4. The van der Waals surface area contributed by atoms with Crippen LogP contribution in [0.2, 0.25) is 0 Å². The number of hydrogen-bond donors (Lipinski definition) is 2. The van der Waals surface area contributed by atoms with Gasteiger partial charge in [0.2, 0.25) is 11.8 Å². The minimum Gasteiger partial charge on any atom is -0.325 e. The first-order valence-electron chi connectivity index (χ1n) is 16.8. The number of anilines is 2. The van der Waals surface area contributed by atoms with E-state index in [1.165, 1.54) is 34.7 Å². The zero-order valence-electron chi connectivity index (χ0n) is 28.4. The highest BCUT2D eigenvalue weighted by Crippen LogP contribution is 2.22. The van der Waals surface area contributed by atoms with Gasteiger partial charge in [-0.05, 0) is 78.9 Å². The molecule has 0 unspecified atom stereocenters. The van der Waals surface area contributed by atoms with E-state index < -0.39 is 0 Å². The van der Waals surface area contributed by atoms with E-state index in [1.54, 1.807) is 45.5 Å². The van der Waals surface area contributed by atoms with Gasteiger partial charge < -0.3 is 10.6 Å². The van der Waals surface area contributed by atoms with E-state index >= 15 is 0 Å². The molecule has 4 aromatic carbocycles. The third-order valence-corrected chi connectivity index (χ3v) is 10.3. The second-order valence-corrected chi connectivity index (χ2v) is 13.7. The number of aryl methyl sites for hydroxylation is 2. The minimum atomic E-state index is -0.221. The van der Waals surface area contributed by atoms with E-state index in [1.807, 2.05) is 60.7 Å². The minimum absolute atomic E-state index is 0.0555. The Hall–Kier alpha value is -5.20. The topological polar surface area (TPSA) is 128 Å². The Balaban J connectivity index is 1.19. The molecule has 6 aromatic rings. The van der Waals surface area contributed by atoms with E-state index in [2.05, 4.69) is 24.5 Å². The Morgan fingerprint density at radius 2 is 0.980 bits per heavy atom. The van der Waals surface area contributed by atoms with Gasteiger partial charge in [-0.2, -0.15) is 0 Å². The SMILES string of the molecule is CCc1ccc(NC(=O)CSc2nc3ccccc3c(=O)n2CCCn2c(SCC(=O)Nc3ccc(CC)cc3)nc3ccccc3c2=O)cc1. The summed E-state index contributed by atoms with van der Waals surface area (Å²) in [6.45, 7) is 4.64. The predicted molar refractivity (Wildman–Crippen MR) is 207 cm³/mol. The van der Waals surface area contributed by atoms with Gasteiger partial charge in [-0.3, -0.25) is 28.3 Å². The summed E-state index contributed by atoms with van der Waals surface area (Å²) in [4.78, 5) is 62.8. The second-order valence-electron chi connectivity index (χ2n) is 11.9. The molecule has 2 aromatic heterocycles. The zero-order chi connectivity index (χ0) is 35.7. The summed E-state index contributed by atoms with van der Waals surface area (Å²) in [5.74, 6) is -0.314. The average Bonchev–Trinajstić information content (AvgIpc) is 3.15. The van der Waals surface area contributed by atoms with Gasteiger partial charge >= 0.3 is 0 Å². The molecule has 0 spiro atoms. The van der Waals surface area contributed by atoms with Crippen molar-refractivity contribution in [2.24, 2.45) is 0 Å². The Bertz CT molecular complexity index is 2140. The van der Waals surface area contributed by atoms with Gasteiger partial charge in [0.15, 0.2) is 10.3 Å². The van der Waals surface area contributed by atoms with Crippen molar-refractivity contribution in [3.8, 4) is 0 Å². The summed E-state index contributed by atoms with van der Waals surface area (Å²) < 4.78 is 3.14. The van der Waals surface area contributed by atoms with E-state index in [4.69, 9.17) is 9.97 Å². The smallest absolute Gasteiger partial charge is 0.262 e. The molecule has 2 heterocycles. The zero-order valence-corrected chi connectivity index (χ0v) is 30.1. The number of carbonyl (C=O) groups excluding carboxylic acids is 2. The summed E-state index contributed by atoms with van der Waals surface area (Å²) in [5.41, 5.74) is 4.41. The first kappa shape index (κ1) is 35.6. The van der Waals surface area contributed by atoms with Gasteiger partial charge in [0.1, 0.15) is 0 Å². The van der Waals surface area contributed by atoms with Crippen molar-refractivity contribution in [2.45, 2.75) is 56.5 Å². The van der Waals surface area contributed by atoms with Crippen molar-refractivity contribution >= 4 is 68.5 Å². The van der Waals surface area contributed by atoms with Gasteiger partial charge in [-0.25, -0.2) is 9.97 Å². The normalized spacial score (nSPS) is 11.2. The second kappa shape index (κ2) is 16.7. The van der Waals surface area contributed by atoms with Crippen molar-refractivity contribution < 1.29 is 9.59 Å². The molecule has 51 heavy (non-hydrogen) atoms. The van der Waals surface area contributed by atoms with Crippen molar-refractivity contribution in [2.75, 3.05) is 22.1 Å². The van der Waals surface area contributed by atoms with Crippen LogP contribution in [0.25, 0.3) is 21.8 Å². The van der Waals surface area contributed by atoms with Gasteiger partial charge in [0.05, 0.1) is 33.3 Å². The first-order valence-corrected chi connectivity index (χ1v) is 18.8. The predicted octanol–water partition coefficient (Wildman–Crippen LogP) is 6.78. The maximum absolute atomic E-state index is 13.7. The summed E-state index contributed by atoms with van der Waals surface area (Å²) in [6, 6.07) is 29.7. The fraction of sp³-hybridized carbons (Fsp3) is 0.231. The van der Waals surface area contributed by atoms with Crippen molar-refractivity contribution in [3.05, 3.63) is 129 Å². The molecular formula is C39H38N6O4S2. The fourth-order valence-corrected chi connectivity index (χ4v) is 7.25. The maximum Gasteiger partial charge on any atom is 0.262 e. The van der Waals surface area contributed by atoms with E-state index in [0.717, 1.165) is 12.8 Å². The van der Waals surface area contributed by atoms with Gasteiger partial charge in [-0.15, -0.1) is 0 Å². The van der Waals surface area contributed by atoms with Crippen LogP contribution in [0.15, 0.2) is 117 Å². The molecule has 0 aliphatic rings. The summed E-state index contributed by atoms with van der Waals surface area (Å²) in [6.07, 6.45) is 2.22. The number of rotatable bonds is 14. The summed E-state index contributed by atoms with van der Waals surface area (Å²) in [5, 5.41) is 7.60. The van der Waals surface area contributed by atoms with Gasteiger partial charge in [0.25, 0.3) is 11.1 Å². The van der Waals surface area contributed by atoms with Gasteiger partial charge in [-0.1, -0.05) is 85.9 Å². The van der Waals surface area contributed by atoms with Crippen LogP contribution in [-0.2, 0) is 35.5 Å². The first-order chi connectivity index (χ1) is 24.8. The highest BCUT2D eigenvalue weighted by Gasteiger charge is 2.17. The number of nitrogens with one attached hydrogen (secondary N) is 2. The van der Waals surface area contributed by atoms with E-state index in [-0.39, 0.29) is 47.5 Å². The number of fused-ring (bicyclic) bond motifs is 2. The molecule has 10 nitrogen and oxygen atoms in total. The van der Waals surface area contributed by atoms with Crippen LogP contribution in [-0.4, -0.2) is 42.4 Å². The molecule has 0 bridgehead atoms. The lowest BCUT2D eigenvalue weighted by atomic mass is 10.1. The van der Waals surface area contributed by atoms with Crippen LogP contribution in [0.5, 0.6) is 0 Å². The summed E-state index contributed by atoms with van der Waals surface area (Å²) >= 11 is 2.38. The number of amides is 2. The number of aromatic nitrogens is 4. The highest BCUT2D eigenvalue weighted by atomic mass is 32.2. The lowest BCUT2D eigenvalue weighted by Gasteiger charge is -2.16. The Morgan fingerprint density at radius 1 is 0.588 bits per heavy atom. The number of para-hydroxylation sites is 2. The number of thioether (sulfide) groups is 2. The molecule has 0 saturated heterocycles. The van der Waals surface area contributed by atoms with E-state index in [9.17, 15) is 19.2 Å². The van der Waals surface area contributed by atoms with Crippen molar-refractivity contribution in [1.29, 1.82) is 0 Å². The molecule has 0 radical (unpaired) electrons. The number of carbonyl (C=O) groups is 2. The van der Waals surface area contributed by atoms with E-state index in [0.29, 0.717) is 49.9 Å². The molecule has 0 aliphatic carbocycles. The largest absolute Gasteiger partial charge is 0.325 e. The Kier molecular flexibility index (Phi) is 11.6. The molecule has 260 valence electrons. The molecule has 0 aliphatic heterocycles. The third-order valence-electron chi connectivity index (χ3n) is 8.37. The van der Waals surface area contributed by atoms with Crippen LogP contribution >= 0.6 is 23.5 Å². The summed E-state index contributed by atoms with van der Waals surface area (Å²) in [7, 11) is 0. The number of nitrogens with zero attached hydrogens (tertiary/aromatic N) is 4. The molecule has 0 saturated carbocycles. The molecule has 2 amide bonds. The van der Waals surface area contributed by atoms with Crippen molar-refractivity contribution in [1.82, 2.24) is 19.1 Å². The molecule has 2 N–H and O–H groups in total. The molecule has 12 heteroatoms. The number of hydrogen-bond acceptors (Lipinski definition) is 8. The van der Waals surface area contributed by atoms with Gasteiger partial charge in [0, 0.05) is 24.5 Å². The molecule has 0 fully saturated rings. The Labute approximate surface area is 303 Å². The Morgan fingerprint density at radius 3 is 1.37 bits per heavy atom. The van der Waals surface area contributed by atoms with Crippen LogP contribution in [0.3, 0.4) is 0 Å². The molecule has 6 rings (SSSR count). The van der Waals surface area contributed by atoms with Crippen molar-refractivity contribution in [3.63, 3.8) is 0 Å². The lowest BCUT2D eigenvalue weighted by Crippen LogP contribution is -2.27. The van der Waals surface area contributed by atoms with Crippen LogP contribution in [0, 0.1) is 0 Å². The third kappa shape index (κ3) is 8.76. The van der Waals surface area contributed by atoms with Crippen LogP contribution in [0.1, 0.15) is 31.4 Å². The highest BCUT2D eigenvalue weighted by molar-refractivity contribution is 8.00.